The summed E-state index contributed by atoms with van der Waals surface area (Å²) in [5.41, 5.74) is -0.117. The van der Waals surface area contributed by atoms with Gasteiger partial charge in [-0.2, -0.15) is 0 Å². The monoisotopic (exact) mass is 758 g/mol. The normalized spacial score (nSPS) is 56.8. The largest absolute Gasteiger partial charge is 0.394 e. The summed E-state index contributed by atoms with van der Waals surface area (Å²) in [7, 11) is 0. The maximum absolute atomic E-state index is 12.0. The van der Waals surface area contributed by atoms with Crippen molar-refractivity contribution >= 4 is 0 Å². The van der Waals surface area contributed by atoms with Crippen LogP contribution in [-0.4, -0.2) is 145 Å². The minimum absolute atomic E-state index is 0.00892. The average molecular weight is 759 g/mol. The van der Waals surface area contributed by atoms with Crippen molar-refractivity contribution in [3.63, 3.8) is 0 Å². The molecule has 53 heavy (non-hydrogen) atoms. The molecule has 14 nitrogen and oxygen atoms in total. The summed E-state index contributed by atoms with van der Waals surface area (Å²) >= 11 is 0. The van der Waals surface area contributed by atoms with E-state index in [-0.39, 0.29) is 40.8 Å². The number of rotatable bonds is 9. The van der Waals surface area contributed by atoms with Gasteiger partial charge in [-0.1, -0.05) is 34.6 Å². The van der Waals surface area contributed by atoms with E-state index in [1.54, 1.807) is 0 Å². The SMILES string of the molecule is CC(C)CCC1(O)O[C@H]2[C@@H](O)[C@H]3[C@@H]4CC[C@@H]5C[C@@H](O[C@@H]6O[C@H](CO)[C@H](O)[C@H](O)[C@H]6O[C@@H]6O[C@H](CO)[C@@H](O)[C@H](O)[C@H]6O)CC[C@]5(C)[C@H]4CC[C@]3(C)[C@H]2[C@@H]1C. The molecule has 0 aromatic carbocycles. The van der Waals surface area contributed by atoms with Gasteiger partial charge in [-0.25, -0.2) is 0 Å². The van der Waals surface area contributed by atoms with E-state index in [9.17, 15) is 46.0 Å². The minimum atomic E-state index is -1.74. The Morgan fingerprint density at radius 2 is 1.36 bits per heavy atom. The molecule has 3 saturated heterocycles. The van der Waals surface area contributed by atoms with Crippen molar-refractivity contribution in [1.82, 2.24) is 0 Å². The van der Waals surface area contributed by atoms with Crippen molar-refractivity contribution in [1.29, 1.82) is 0 Å². The van der Waals surface area contributed by atoms with Gasteiger partial charge in [0.1, 0.15) is 48.8 Å². The maximum atomic E-state index is 12.0. The summed E-state index contributed by atoms with van der Waals surface area (Å²) in [6.07, 6.45) is -8.50. The molecule has 0 radical (unpaired) electrons. The zero-order valence-corrected chi connectivity index (χ0v) is 31.9. The van der Waals surface area contributed by atoms with Gasteiger partial charge in [0.25, 0.3) is 0 Å². The molecule has 4 aliphatic carbocycles. The lowest BCUT2D eigenvalue weighted by Crippen LogP contribution is -2.65. The van der Waals surface area contributed by atoms with Crippen LogP contribution in [0.4, 0.5) is 0 Å². The highest BCUT2D eigenvalue weighted by Crippen LogP contribution is 2.71. The van der Waals surface area contributed by atoms with Crippen LogP contribution >= 0.6 is 0 Å². The van der Waals surface area contributed by atoms with Crippen LogP contribution < -0.4 is 0 Å². The van der Waals surface area contributed by atoms with Crippen LogP contribution in [0.3, 0.4) is 0 Å². The lowest BCUT2D eigenvalue weighted by atomic mass is 9.44. The van der Waals surface area contributed by atoms with Gasteiger partial charge in [0.05, 0.1) is 31.5 Å². The standard InChI is InChI=1S/C39H66O14/c1-17(2)8-13-39(48)18(3)25-33(53-39)29(44)26-21-7-6-19-14-20(9-11-37(19,4)22(21)10-12-38(25,26)5)49-36-34(31(46)28(43)24(16-41)51-36)52-35-32(47)30(45)27(42)23(15-40)50-35/h17-36,40-48H,6-16H2,1-5H3/t18-,19+,20-,21+,22-,23+,24+,25-,26+,27+,28-,29-,30-,31-,32+,33+,34+,35-,36+,37-,38+,39?/m0/s1. The molecule has 3 aliphatic heterocycles. The molecule has 7 aliphatic rings. The van der Waals surface area contributed by atoms with Gasteiger partial charge < -0.3 is 69.6 Å². The van der Waals surface area contributed by atoms with Crippen LogP contribution in [0.1, 0.15) is 92.4 Å². The van der Waals surface area contributed by atoms with Crippen molar-refractivity contribution in [2.45, 2.75) is 178 Å². The molecular weight excluding hydrogens is 692 g/mol. The van der Waals surface area contributed by atoms with Gasteiger partial charge in [0.2, 0.25) is 0 Å². The van der Waals surface area contributed by atoms with Crippen LogP contribution in [0, 0.1) is 52.3 Å². The second kappa shape index (κ2) is 15.0. The van der Waals surface area contributed by atoms with E-state index in [0.717, 1.165) is 38.5 Å². The number of aliphatic hydroxyl groups is 9. The van der Waals surface area contributed by atoms with Gasteiger partial charge in [0, 0.05) is 18.3 Å². The Bertz CT molecular complexity index is 1270. The fourth-order valence-electron chi connectivity index (χ4n) is 12.7. The highest BCUT2D eigenvalue weighted by molar-refractivity contribution is 5.18. The number of fused-ring (bicyclic) bond motifs is 7. The van der Waals surface area contributed by atoms with E-state index in [1.165, 1.54) is 0 Å². The maximum Gasteiger partial charge on any atom is 0.187 e. The molecule has 306 valence electrons. The van der Waals surface area contributed by atoms with Crippen LogP contribution in [0.2, 0.25) is 0 Å². The third-order valence-corrected chi connectivity index (χ3v) is 15.7. The Labute approximate surface area is 312 Å². The Kier molecular flexibility index (Phi) is 11.5. The zero-order chi connectivity index (χ0) is 38.4. The molecule has 0 amide bonds. The number of ether oxygens (including phenoxy) is 5. The van der Waals surface area contributed by atoms with Crippen LogP contribution in [0.15, 0.2) is 0 Å². The lowest BCUT2D eigenvalue weighted by molar-refractivity contribution is -0.373. The second-order valence-electron chi connectivity index (χ2n) is 18.8. The third-order valence-electron chi connectivity index (χ3n) is 15.7. The summed E-state index contributed by atoms with van der Waals surface area (Å²) in [4.78, 5) is 0. The Hall–Kier alpha value is -0.560. The quantitative estimate of drug-likeness (QED) is 0.145. The second-order valence-corrected chi connectivity index (χ2v) is 18.8. The summed E-state index contributed by atoms with van der Waals surface area (Å²) in [5, 5.41) is 96.3. The smallest absolute Gasteiger partial charge is 0.187 e. The Morgan fingerprint density at radius 3 is 2.02 bits per heavy atom. The fraction of sp³-hybridized carbons (Fsp3) is 1.00. The van der Waals surface area contributed by atoms with Crippen molar-refractivity contribution < 1.29 is 69.6 Å². The van der Waals surface area contributed by atoms with Crippen molar-refractivity contribution in [3.8, 4) is 0 Å². The summed E-state index contributed by atoms with van der Waals surface area (Å²) in [5.74, 6) is 0.445. The van der Waals surface area contributed by atoms with E-state index >= 15 is 0 Å². The first kappa shape index (κ1) is 40.6. The van der Waals surface area contributed by atoms with Gasteiger partial charge in [-0.15, -0.1) is 0 Å². The third kappa shape index (κ3) is 6.66. The number of aliphatic hydroxyl groups excluding tert-OH is 8. The van der Waals surface area contributed by atoms with Gasteiger partial charge in [-0.05, 0) is 91.8 Å². The van der Waals surface area contributed by atoms with E-state index in [4.69, 9.17) is 23.7 Å². The molecule has 1 unspecified atom stereocenters. The first-order chi connectivity index (χ1) is 25.0. The highest BCUT2D eigenvalue weighted by Gasteiger charge is 2.71. The fourth-order valence-corrected chi connectivity index (χ4v) is 12.7. The Morgan fingerprint density at radius 1 is 0.717 bits per heavy atom. The van der Waals surface area contributed by atoms with Gasteiger partial charge in [0.15, 0.2) is 18.4 Å². The highest BCUT2D eigenvalue weighted by atomic mass is 16.8. The van der Waals surface area contributed by atoms with Crippen molar-refractivity contribution in [2.24, 2.45) is 52.3 Å². The van der Waals surface area contributed by atoms with E-state index in [0.29, 0.717) is 42.9 Å². The molecular formula is C39H66O14. The van der Waals surface area contributed by atoms with E-state index in [2.05, 4.69) is 34.6 Å². The minimum Gasteiger partial charge on any atom is -0.394 e. The van der Waals surface area contributed by atoms with Crippen molar-refractivity contribution in [2.75, 3.05) is 13.2 Å². The summed E-state index contributed by atoms with van der Waals surface area (Å²) < 4.78 is 30.4. The molecule has 0 spiro atoms. The van der Waals surface area contributed by atoms with Crippen LogP contribution in [0.25, 0.3) is 0 Å². The predicted molar refractivity (Wildman–Crippen MR) is 186 cm³/mol. The first-order valence-electron chi connectivity index (χ1n) is 20.3. The number of hydrogen-bond acceptors (Lipinski definition) is 14. The van der Waals surface area contributed by atoms with Crippen LogP contribution in [0.5, 0.6) is 0 Å². The molecule has 14 heteroatoms. The Balaban J connectivity index is 1.04. The molecule has 22 atom stereocenters. The molecule has 0 aromatic rings. The molecule has 0 bridgehead atoms. The van der Waals surface area contributed by atoms with Gasteiger partial charge >= 0.3 is 0 Å². The average Bonchev–Trinajstić information content (AvgIpc) is 3.52. The summed E-state index contributed by atoms with van der Waals surface area (Å²) in [6, 6.07) is 0. The molecule has 9 N–H and O–H groups in total. The topological polar surface area (TPSA) is 228 Å². The van der Waals surface area contributed by atoms with Gasteiger partial charge in [-0.3, -0.25) is 0 Å². The predicted octanol–water partition coefficient (Wildman–Crippen LogP) is 0.395. The summed E-state index contributed by atoms with van der Waals surface area (Å²) in [6.45, 7) is 9.90. The molecule has 7 fully saturated rings. The first-order valence-corrected chi connectivity index (χ1v) is 20.3. The molecule has 0 aromatic heterocycles. The number of hydrogen-bond donors (Lipinski definition) is 9. The molecule has 3 heterocycles. The lowest BCUT2D eigenvalue weighted by Gasteiger charge is -2.61. The molecule has 4 saturated carbocycles. The zero-order valence-electron chi connectivity index (χ0n) is 31.9. The van der Waals surface area contributed by atoms with Crippen LogP contribution in [-0.2, 0) is 23.7 Å². The van der Waals surface area contributed by atoms with Crippen molar-refractivity contribution in [3.05, 3.63) is 0 Å². The molecule has 7 rings (SSSR count). The van der Waals surface area contributed by atoms with E-state index < -0.39 is 86.5 Å². The van der Waals surface area contributed by atoms with E-state index in [1.807, 2.05) is 0 Å².